The first kappa shape index (κ1) is 17.9. The molecule has 0 spiro atoms. The van der Waals surface area contributed by atoms with Crippen molar-refractivity contribution in [2.75, 3.05) is 11.9 Å². The van der Waals surface area contributed by atoms with Gasteiger partial charge < -0.3 is 10.1 Å². The van der Waals surface area contributed by atoms with Crippen LogP contribution in [0.1, 0.15) is 25.3 Å². The molecule has 0 saturated carbocycles. The Labute approximate surface area is 151 Å². The number of halogens is 3. The average molecular weight is 445 g/mol. The van der Waals surface area contributed by atoms with Crippen LogP contribution >= 0.6 is 31.9 Å². The molecule has 0 bridgehead atoms. The van der Waals surface area contributed by atoms with Crippen molar-refractivity contribution in [3.05, 3.63) is 56.7 Å². The number of carbonyl (C=O) groups excluding carboxylic acids is 1. The van der Waals surface area contributed by atoms with E-state index in [0.29, 0.717) is 16.1 Å². The summed E-state index contributed by atoms with van der Waals surface area (Å²) in [5.74, 6) is 0.0473. The maximum absolute atomic E-state index is 13.7. The molecule has 0 aliphatic carbocycles. The topological polar surface area (TPSA) is 38.3 Å². The van der Waals surface area contributed by atoms with Crippen LogP contribution in [0, 0.1) is 5.82 Å². The van der Waals surface area contributed by atoms with E-state index in [1.165, 1.54) is 17.7 Å². The Kier molecular flexibility index (Phi) is 6.18. The summed E-state index contributed by atoms with van der Waals surface area (Å²) in [6.45, 7) is 4.00. The minimum absolute atomic E-state index is 0.121. The zero-order valence-electron chi connectivity index (χ0n) is 12.7. The molecule has 3 nitrogen and oxygen atoms in total. The molecule has 6 heteroatoms. The Morgan fingerprint density at radius 3 is 2.57 bits per heavy atom. The number of hydrogen-bond donors (Lipinski definition) is 1. The highest BCUT2D eigenvalue weighted by atomic mass is 79.9. The molecule has 0 radical (unpaired) electrons. The van der Waals surface area contributed by atoms with Crippen LogP contribution < -0.4 is 10.1 Å². The molecule has 122 valence electrons. The maximum atomic E-state index is 13.7. The summed E-state index contributed by atoms with van der Waals surface area (Å²) in [6.07, 6.45) is 0. The second-order valence-electron chi connectivity index (χ2n) is 5.31. The molecule has 23 heavy (non-hydrogen) atoms. The molecule has 2 aromatic carbocycles. The first-order chi connectivity index (χ1) is 10.9. The molecule has 0 aliphatic heterocycles. The van der Waals surface area contributed by atoms with Crippen molar-refractivity contribution in [3.63, 3.8) is 0 Å². The van der Waals surface area contributed by atoms with Gasteiger partial charge in [0.15, 0.2) is 6.61 Å². The lowest BCUT2D eigenvalue weighted by atomic mass is 10.0. The van der Waals surface area contributed by atoms with Crippen molar-refractivity contribution >= 4 is 43.5 Å². The number of ether oxygens (including phenoxy) is 1. The molecule has 0 atom stereocenters. The molecule has 1 N–H and O–H groups in total. The third kappa shape index (κ3) is 5.04. The van der Waals surface area contributed by atoms with E-state index in [2.05, 4.69) is 51.0 Å². The highest BCUT2D eigenvalue weighted by Crippen LogP contribution is 2.29. The summed E-state index contributed by atoms with van der Waals surface area (Å²) in [6, 6.07) is 10.2. The van der Waals surface area contributed by atoms with Crippen LogP contribution in [0.15, 0.2) is 45.3 Å². The molecule has 1 amide bonds. The average Bonchev–Trinajstić information content (AvgIpc) is 2.48. The van der Waals surface area contributed by atoms with Gasteiger partial charge in [0.2, 0.25) is 0 Å². The Bertz CT molecular complexity index is 720. The van der Waals surface area contributed by atoms with E-state index >= 15 is 0 Å². The predicted octanol–water partition coefficient (Wildman–Crippen LogP) is 5.49. The summed E-state index contributed by atoms with van der Waals surface area (Å²) >= 11 is 6.60. The van der Waals surface area contributed by atoms with E-state index in [1.54, 1.807) is 6.07 Å². The van der Waals surface area contributed by atoms with Crippen LogP contribution in [0.4, 0.5) is 10.1 Å². The van der Waals surface area contributed by atoms with Crippen LogP contribution in [-0.4, -0.2) is 12.5 Å². The van der Waals surface area contributed by atoms with Gasteiger partial charge in [-0.15, -0.1) is 0 Å². The van der Waals surface area contributed by atoms with Gasteiger partial charge in [-0.2, -0.15) is 0 Å². The molecule has 0 aromatic heterocycles. The summed E-state index contributed by atoms with van der Waals surface area (Å²) in [4.78, 5) is 11.9. The Morgan fingerprint density at radius 1 is 1.22 bits per heavy atom. The summed E-state index contributed by atoms with van der Waals surface area (Å²) in [5, 5.41) is 2.48. The second-order valence-corrected chi connectivity index (χ2v) is 7.08. The van der Waals surface area contributed by atoms with Gasteiger partial charge in [0.1, 0.15) is 11.6 Å². The summed E-state index contributed by atoms with van der Waals surface area (Å²) in [5.41, 5.74) is 1.29. The zero-order chi connectivity index (χ0) is 17.0. The number of rotatable bonds is 5. The standard InChI is InChI=1S/C17H16Br2FNO2/c1-10(2)11-3-6-16(13(19)7-11)23-9-17(22)21-15-5-4-12(18)8-14(15)20/h3-8,10H,9H2,1-2H3,(H,21,22). The van der Waals surface area contributed by atoms with Crippen LogP contribution in [0.3, 0.4) is 0 Å². The molecule has 0 aliphatic rings. The van der Waals surface area contributed by atoms with Crippen LogP contribution in [-0.2, 0) is 4.79 Å². The number of benzene rings is 2. The SMILES string of the molecule is CC(C)c1ccc(OCC(=O)Nc2ccc(Br)cc2F)c(Br)c1. The van der Waals surface area contributed by atoms with Gasteiger partial charge in [-0.25, -0.2) is 4.39 Å². The van der Waals surface area contributed by atoms with Crippen molar-refractivity contribution in [1.82, 2.24) is 0 Å². The van der Waals surface area contributed by atoms with Crippen molar-refractivity contribution < 1.29 is 13.9 Å². The third-order valence-electron chi connectivity index (χ3n) is 3.19. The molecular weight excluding hydrogens is 429 g/mol. The monoisotopic (exact) mass is 443 g/mol. The highest BCUT2D eigenvalue weighted by Gasteiger charge is 2.10. The van der Waals surface area contributed by atoms with E-state index in [4.69, 9.17) is 4.74 Å². The molecule has 0 heterocycles. The van der Waals surface area contributed by atoms with Gasteiger partial charge in [-0.05, 0) is 57.7 Å². The zero-order valence-corrected chi connectivity index (χ0v) is 15.9. The van der Waals surface area contributed by atoms with Gasteiger partial charge in [0.25, 0.3) is 5.91 Å². The lowest BCUT2D eigenvalue weighted by Gasteiger charge is -2.12. The number of anilines is 1. The number of amides is 1. The molecule has 0 unspecified atom stereocenters. The predicted molar refractivity (Wildman–Crippen MR) is 96.5 cm³/mol. The molecule has 0 fully saturated rings. The van der Waals surface area contributed by atoms with Crippen molar-refractivity contribution in [3.8, 4) is 5.75 Å². The fraction of sp³-hybridized carbons (Fsp3) is 0.235. The highest BCUT2D eigenvalue weighted by molar-refractivity contribution is 9.10. The third-order valence-corrected chi connectivity index (χ3v) is 4.30. The summed E-state index contributed by atoms with van der Waals surface area (Å²) < 4.78 is 20.5. The molecule has 2 aromatic rings. The van der Waals surface area contributed by atoms with E-state index in [0.717, 1.165) is 4.47 Å². The van der Waals surface area contributed by atoms with Gasteiger partial charge >= 0.3 is 0 Å². The van der Waals surface area contributed by atoms with Gasteiger partial charge in [0, 0.05) is 4.47 Å². The van der Waals surface area contributed by atoms with E-state index in [9.17, 15) is 9.18 Å². The van der Waals surface area contributed by atoms with Crippen LogP contribution in [0.5, 0.6) is 5.75 Å². The first-order valence-electron chi connectivity index (χ1n) is 7.04. The minimum Gasteiger partial charge on any atom is -0.483 e. The van der Waals surface area contributed by atoms with Crippen LogP contribution in [0.25, 0.3) is 0 Å². The molecule has 0 saturated heterocycles. The Balaban J connectivity index is 1.96. The van der Waals surface area contributed by atoms with Crippen molar-refractivity contribution in [2.45, 2.75) is 19.8 Å². The lowest BCUT2D eigenvalue weighted by Crippen LogP contribution is -2.20. The van der Waals surface area contributed by atoms with Crippen LogP contribution in [0.2, 0.25) is 0 Å². The fourth-order valence-electron chi connectivity index (χ4n) is 1.91. The van der Waals surface area contributed by atoms with Gasteiger partial charge in [-0.3, -0.25) is 4.79 Å². The Hall–Kier alpha value is -1.40. The Morgan fingerprint density at radius 2 is 1.96 bits per heavy atom. The molecular formula is C17H16Br2FNO2. The first-order valence-corrected chi connectivity index (χ1v) is 8.62. The maximum Gasteiger partial charge on any atom is 0.262 e. The van der Waals surface area contributed by atoms with Gasteiger partial charge in [-0.1, -0.05) is 35.8 Å². The number of hydrogen-bond acceptors (Lipinski definition) is 2. The molecule has 2 rings (SSSR count). The number of carbonyl (C=O) groups is 1. The smallest absolute Gasteiger partial charge is 0.262 e. The largest absolute Gasteiger partial charge is 0.483 e. The van der Waals surface area contributed by atoms with E-state index in [1.807, 2.05) is 18.2 Å². The number of nitrogens with one attached hydrogen (secondary N) is 1. The fourth-order valence-corrected chi connectivity index (χ4v) is 2.76. The van der Waals surface area contributed by atoms with Crippen molar-refractivity contribution in [1.29, 1.82) is 0 Å². The van der Waals surface area contributed by atoms with Crippen molar-refractivity contribution in [2.24, 2.45) is 0 Å². The minimum atomic E-state index is -0.504. The normalized spacial score (nSPS) is 10.7. The van der Waals surface area contributed by atoms with E-state index < -0.39 is 11.7 Å². The quantitative estimate of drug-likeness (QED) is 0.661. The van der Waals surface area contributed by atoms with E-state index in [-0.39, 0.29) is 12.3 Å². The summed E-state index contributed by atoms with van der Waals surface area (Å²) in [7, 11) is 0. The van der Waals surface area contributed by atoms with Gasteiger partial charge in [0.05, 0.1) is 10.2 Å². The second kappa shape index (κ2) is 7.93. The lowest BCUT2D eigenvalue weighted by molar-refractivity contribution is -0.118.